The van der Waals surface area contributed by atoms with Crippen molar-refractivity contribution in [1.82, 2.24) is 0 Å². The van der Waals surface area contributed by atoms with Crippen molar-refractivity contribution in [3.8, 4) is 0 Å². The molecule has 0 fully saturated rings. The van der Waals surface area contributed by atoms with Gasteiger partial charge in [0.05, 0.1) is 11.6 Å². The molecule has 1 atom stereocenters. The third kappa shape index (κ3) is 4.84. The van der Waals surface area contributed by atoms with E-state index in [1.807, 2.05) is 48.5 Å². The van der Waals surface area contributed by atoms with Crippen LogP contribution in [-0.4, -0.2) is 17.0 Å². The van der Waals surface area contributed by atoms with E-state index in [4.69, 9.17) is 0 Å². The van der Waals surface area contributed by atoms with Gasteiger partial charge in [-0.2, -0.15) is 0 Å². The van der Waals surface area contributed by atoms with Crippen molar-refractivity contribution >= 4 is 40.2 Å². The molecule has 2 rings (SSSR count). The number of carboxylic acid groups (broad SMARTS) is 1. The quantitative estimate of drug-likeness (QED) is 0.718. The second kappa shape index (κ2) is 7.93. The molecule has 2 aromatic carbocycles. The SMILES string of the molecule is O=C(C[C@H](Cc1ccccc1)C(=O)O)Nc1ccccc1I. The zero-order valence-electron chi connectivity index (χ0n) is 11.8. The standard InChI is InChI=1S/C17H16INO3/c18-14-8-4-5-9-15(14)19-16(20)11-13(17(21)22)10-12-6-2-1-3-7-12/h1-9,13H,10-11H2,(H,19,20)(H,21,22)/t13-/m0/s1. The number of carbonyl (C=O) groups is 2. The number of carbonyl (C=O) groups excluding carboxylic acids is 1. The number of rotatable bonds is 6. The average molecular weight is 409 g/mol. The molecule has 5 heteroatoms. The summed E-state index contributed by atoms with van der Waals surface area (Å²) in [5, 5.41) is 12.1. The van der Waals surface area contributed by atoms with Crippen molar-refractivity contribution in [3.63, 3.8) is 0 Å². The molecular formula is C17H16INO3. The Morgan fingerprint density at radius 1 is 1.05 bits per heavy atom. The van der Waals surface area contributed by atoms with E-state index in [1.54, 1.807) is 6.07 Å². The summed E-state index contributed by atoms with van der Waals surface area (Å²) in [5.41, 5.74) is 1.62. The monoisotopic (exact) mass is 409 g/mol. The lowest BCUT2D eigenvalue weighted by Crippen LogP contribution is -2.24. The summed E-state index contributed by atoms with van der Waals surface area (Å²) in [4.78, 5) is 23.5. The van der Waals surface area contributed by atoms with Crippen LogP contribution in [0, 0.1) is 9.49 Å². The van der Waals surface area contributed by atoms with Crippen LogP contribution in [0.3, 0.4) is 0 Å². The number of anilines is 1. The van der Waals surface area contributed by atoms with Crippen LogP contribution in [0.2, 0.25) is 0 Å². The normalized spacial score (nSPS) is 11.7. The lowest BCUT2D eigenvalue weighted by atomic mass is 9.96. The van der Waals surface area contributed by atoms with Crippen LogP contribution in [0.1, 0.15) is 12.0 Å². The highest BCUT2D eigenvalue weighted by Crippen LogP contribution is 2.19. The second-order valence-corrected chi connectivity index (χ2v) is 6.12. The van der Waals surface area contributed by atoms with Gasteiger partial charge >= 0.3 is 5.97 Å². The Morgan fingerprint density at radius 2 is 1.68 bits per heavy atom. The number of nitrogens with one attached hydrogen (secondary N) is 1. The van der Waals surface area contributed by atoms with E-state index in [2.05, 4.69) is 27.9 Å². The van der Waals surface area contributed by atoms with Crippen LogP contribution in [0.4, 0.5) is 5.69 Å². The van der Waals surface area contributed by atoms with Crippen LogP contribution in [-0.2, 0) is 16.0 Å². The Hall–Kier alpha value is -1.89. The lowest BCUT2D eigenvalue weighted by Gasteiger charge is -2.13. The lowest BCUT2D eigenvalue weighted by molar-refractivity contribution is -0.143. The second-order valence-electron chi connectivity index (χ2n) is 4.96. The van der Waals surface area contributed by atoms with Crippen molar-refractivity contribution in [2.24, 2.45) is 5.92 Å². The van der Waals surface area contributed by atoms with Crippen molar-refractivity contribution in [2.45, 2.75) is 12.8 Å². The molecule has 0 aliphatic carbocycles. The van der Waals surface area contributed by atoms with Gasteiger partial charge in [-0.15, -0.1) is 0 Å². The zero-order valence-corrected chi connectivity index (χ0v) is 14.0. The zero-order chi connectivity index (χ0) is 15.9. The number of hydrogen-bond acceptors (Lipinski definition) is 2. The highest BCUT2D eigenvalue weighted by atomic mass is 127. The molecule has 4 nitrogen and oxygen atoms in total. The fourth-order valence-electron chi connectivity index (χ4n) is 2.13. The predicted octanol–water partition coefficient (Wildman–Crippen LogP) is 3.56. The summed E-state index contributed by atoms with van der Waals surface area (Å²) in [6.07, 6.45) is 0.296. The Labute approximate surface area is 142 Å². The summed E-state index contributed by atoms with van der Waals surface area (Å²) in [6, 6.07) is 16.7. The summed E-state index contributed by atoms with van der Waals surface area (Å²) >= 11 is 2.13. The summed E-state index contributed by atoms with van der Waals surface area (Å²) in [7, 11) is 0. The molecule has 0 aliphatic heterocycles. The first-order valence-electron chi connectivity index (χ1n) is 6.87. The van der Waals surface area contributed by atoms with Crippen LogP contribution >= 0.6 is 22.6 Å². The number of aliphatic carboxylic acids is 1. The van der Waals surface area contributed by atoms with Crippen LogP contribution in [0.5, 0.6) is 0 Å². The fourth-order valence-corrected chi connectivity index (χ4v) is 2.66. The summed E-state index contributed by atoms with van der Waals surface area (Å²) in [5.74, 6) is -1.97. The molecule has 2 N–H and O–H groups in total. The van der Waals surface area contributed by atoms with E-state index in [1.165, 1.54) is 0 Å². The van der Waals surface area contributed by atoms with Crippen LogP contribution in [0.25, 0.3) is 0 Å². The molecule has 0 saturated carbocycles. The first-order valence-corrected chi connectivity index (χ1v) is 7.95. The molecule has 2 aromatic rings. The summed E-state index contributed by atoms with van der Waals surface area (Å²) in [6.45, 7) is 0. The number of benzene rings is 2. The molecule has 0 aliphatic rings. The Balaban J connectivity index is 2.00. The van der Waals surface area contributed by atoms with Crippen molar-refractivity contribution < 1.29 is 14.7 Å². The number of hydrogen-bond donors (Lipinski definition) is 2. The smallest absolute Gasteiger partial charge is 0.307 e. The van der Waals surface area contributed by atoms with E-state index in [-0.39, 0.29) is 12.3 Å². The Morgan fingerprint density at radius 3 is 2.32 bits per heavy atom. The third-order valence-corrected chi connectivity index (χ3v) is 4.19. The molecule has 0 aromatic heterocycles. The van der Waals surface area contributed by atoms with Gasteiger partial charge in [-0.25, -0.2) is 0 Å². The van der Waals surface area contributed by atoms with Gasteiger partial charge < -0.3 is 10.4 Å². The fraction of sp³-hybridized carbons (Fsp3) is 0.176. The molecule has 0 saturated heterocycles. The molecular weight excluding hydrogens is 393 g/mol. The first-order chi connectivity index (χ1) is 10.6. The molecule has 22 heavy (non-hydrogen) atoms. The molecule has 0 bridgehead atoms. The maximum absolute atomic E-state index is 12.1. The van der Waals surface area contributed by atoms with Gasteiger partial charge in [-0.3, -0.25) is 9.59 Å². The minimum Gasteiger partial charge on any atom is -0.481 e. The first kappa shape index (κ1) is 16.5. The maximum Gasteiger partial charge on any atom is 0.307 e. The topological polar surface area (TPSA) is 66.4 Å². The largest absolute Gasteiger partial charge is 0.481 e. The third-order valence-electron chi connectivity index (χ3n) is 3.25. The highest BCUT2D eigenvalue weighted by Gasteiger charge is 2.22. The minimum absolute atomic E-state index is 0.0464. The number of amides is 1. The van der Waals surface area contributed by atoms with Gasteiger partial charge in [0.2, 0.25) is 5.91 Å². The van der Waals surface area contributed by atoms with E-state index in [9.17, 15) is 14.7 Å². The summed E-state index contributed by atoms with van der Waals surface area (Å²) < 4.78 is 0.920. The number of halogens is 1. The maximum atomic E-state index is 12.1. The predicted molar refractivity (Wildman–Crippen MR) is 93.7 cm³/mol. The van der Waals surface area contributed by atoms with Gasteiger partial charge in [0.1, 0.15) is 0 Å². The van der Waals surface area contributed by atoms with E-state index < -0.39 is 11.9 Å². The van der Waals surface area contributed by atoms with Crippen molar-refractivity contribution in [2.75, 3.05) is 5.32 Å². The molecule has 0 unspecified atom stereocenters. The number of carboxylic acids is 1. The van der Waals surface area contributed by atoms with Gasteiger partial charge in [0.25, 0.3) is 0 Å². The van der Waals surface area contributed by atoms with Crippen LogP contribution in [0.15, 0.2) is 54.6 Å². The Bertz CT molecular complexity index is 658. The minimum atomic E-state index is -0.957. The van der Waals surface area contributed by atoms with Crippen molar-refractivity contribution in [3.05, 3.63) is 63.7 Å². The molecule has 0 heterocycles. The van der Waals surface area contributed by atoms with Gasteiger partial charge in [0.15, 0.2) is 0 Å². The van der Waals surface area contributed by atoms with E-state index in [0.29, 0.717) is 12.1 Å². The van der Waals surface area contributed by atoms with Crippen LogP contribution < -0.4 is 5.32 Å². The number of para-hydroxylation sites is 1. The van der Waals surface area contributed by atoms with Gasteiger partial charge in [-0.1, -0.05) is 42.5 Å². The van der Waals surface area contributed by atoms with Gasteiger partial charge in [-0.05, 0) is 46.7 Å². The molecule has 0 spiro atoms. The molecule has 1 amide bonds. The Kier molecular flexibility index (Phi) is 5.94. The van der Waals surface area contributed by atoms with E-state index in [0.717, 1.165) is 9.13 Å². The highest BCUT2D eigenvalue weighted by molar-refractivity contribution is 14.1. The van der Waals surface area contributed by atoms with Gasteiger partial charge in [0, 0.05) is 9.99 Å². The van der Waals surface area contributed by atoms with Crippen molar-refractivity contribution in [1.29, 1.82) is 0 Å². The average Bonchev–Trinajstić information content (AvgIpc) is 2.50. The molecule has 0 radical (unpaired) electrons. The van der Waals surface area contributed by atoms with E-state index >= 15 is 0 Å². The molecule has 114 valence electrons.